The highest BCUT2D eigenvalue weighted by atomic mass is 32.1. The van der Waals surface area contributed by atoms with Gasteiger partial charge in [-0.05, 0) is 46.7 Å². The van der Waals surface area contributed by atoms with Crippen LogP contribution in [0.3, 0.4) is 0 Å². The van der Waals surface area contributed by atoms with Crippen LogP contribution < -0.4 is 0 Å². The summed E-state index contributed by atoms with van der Waals surface area (Å²) in [6.45, 7) is 1.64. The molecule has 0 unspecified atom stereocenters. The predicted octanol–water partition coefficient (Wildman–Crippen LogP) is 2.60. The van der Waals surface area contributed by atoms with Gasteiger partial charge in [0, 0.05) is 25.5 Å². The summed E-state index contributed by atoms with van der Waals surface area (Å²) in [6, 6.07) is 11.5. The third kappa shape index (κ3) is 2.92. The number of thiophene rings is 1. The highest BCUT2D eigenvalue weighted by Gasteiger charge is 2.46. The molecule has 0 saturated carbocycles. The maximum Gasteiger partial charge on any atom is 0.271 e. The van der Waals surface area contributed by atoms with Gasteiger partial charge in [-0.25, -0.2) is 0 Å². The van der Waals surface area contributed by atoms with Crippen LogP contribution in [-0.4, -0.2) is 50.3 Å². The second kappa shape index (κ2) is 6.91. The number of hydrogen-bond acceptors (Lipinski definition) is 4. The highest BCUT2D eigenvalue weighted by Crippen LogP contribution is 2.34. The Kier molecular flexibility index (Phi) is 4.24. The minimum Gasteiger partial charge on any atom is -0.338 e. The predicted molar refractivity (Wildman–Crippen MR) is 106 cm³/mol. The van der Waals surface area contributed by atoms with Gasteiger partial charge in [-0.3, -0.25) is 14.6 Å². The first-order chi connectivity index (χ1) is 13.7. The Morgan fingerprint density at radius 2 is 2.04 bits per heavy atom. The number of aromatic nitrogens is 2. The van der Waals surface area contributed by atoms with Gasteiger partial charge in [0.05, 0.1) is 30.7 Å². The van der Waals surface area contributed by atoms with E-state index in [4.69, 9.17) is 0 Å². The van der Waals surface area contributed by atoms with Crippen LogP contribution in [-0.2, 0) is 17.8 Å². The third-order valence-corrected chi connectivity index (χ3v) is 6.35. The van der Waals surface area contributed by atoms with E-state index in [2.05, 4.69) is 4.98 Å². The van der Waals surface area contributed by atoms with E-state index < -0.39 is 0 Å². The van der Waals surface area contributed by atoms with Crippen molar-refractivity contribution >= 4 is 23.2 Å². The summed E-state index contributed by atoms with van der Waals surface area (Å²) in [7, 11) is 0. The zero-order chi connectivity index (χ0) is 19.1. The van der Waals surface area contributed by atoms with Crippen molar-refractivity contribution in [1.82, 2.24) is 19.4 Å². The van der Waals surface area contributed by atoms with Crippen molar-refractivity contribution in [2.24, 2.45) is 0 Å². The first-order valence-corrected chi connectivity index (χ1v) is 10.3. The molecule has 0 radical (unpaired) electrons. The molecule has 0 bridgehead atoms. The number of pyridine rings is 1. The maximum atomic E-state index is 13.1. The van der Waals surface area contributed by atoms with Gasteiger partial charge in [0.2, 0.25) is 5.91 Å². The fraction of sp³-hybridized carbons (Fsp3) is 0.286. The van der Waals surface area contributed by atoms with E-state index in [-0.39, 0.29) is 23.9 Å². The number of amides is 2. The molecule has 7 heteroatoms. The van der Waals surface area contributed by atoms with Crippen LogP contribution >= 0.6 is 11.3 Å². The summed E-state index contributed by atoms with van der Waals surface area (Å²) in [5, 5.41) is 4.01. The van der Waals surface area contributed by atoms with Crippen LogP contribution in [0, 0.1) is 0 Å². The lowest BCUT2D eigenvalue weighted by Gasteiger charge is -2.37. The van der Waals surface area contributed by atoms with E-state index in [9.17, 15) is 9.59 Å². The number of carbonyl (C=O) groups is 2. The first-order valence-electron chi connectivity index (χ1n) is 9.37. The maximum absolute atomic E-state index is 13.1. The molecule has 28 heavy (non-hydrogen) atoms. The SMILES string of the molecule is O=C(Cc1ccsc1)N1C[C@@H]2[C@H](C1)n1cccc1C(=O)N2Cc1ccccn1. The first kappa shape index (κ1) is 17.2. The average Bonchev–Trinajstić information content (AvgIpc) is 3.45. The van der Waals surface area contributed by atoms with Crippen LogP contribution in [0.15, 0.2) is 59.6 Å². The monoisotopic (exact) mass is 392 g/mol. The van der Waals surface area contributed by atoms with Gasteiger partial charge in [0.15, 0.2) is 0 Å². The molecule has 2 atom stereocenters. The van der Waals surface area contributed by atoms with Crippen molar-refractivity contribution in [3.05, 3.63) is 76.5 Å². The van der Waals surface area contributed by atoms with Crippen molar-refractivity contribution in [3.63, 3.8) is 0 Å². The van der Waals surface area contributed by atoms with Gasteiger partial charge in [-0.15, -0.1) is 0 Å². The van der Waals surface area contributed by atoms with Crippen molar-refractivity contribution in [2.45, 2.75) is 25.0 Å². The molecular weight excluding hydrogens is 372 g/mol. The Hall–Kier alpha value is -2.93. The molecule has 2 amide bonds. The van der Waals surface area contributed by atoms with Crippen molar-refractivity contribution < 1.29 is 9.59 Å². The molecule has 5 rings (SSSR count). The molecule has 3 aromatic rings. The summed E-state index contributed by atoms with van der Waals surface area (Å²) in [5.41, 5.74) is 2.59. The van der Waals surface area contributed by atoms with Crippen LogP contribution in [0.2, 0.25) is 0 Å². The van der Waals surface area contributed by atoms with E-state index in [1.165, 1.54) is 0 Å². The molecule has 142 valence electrons. The fourth-order valence-electron chi connectivity index (χ4n) is 4.25. The third-order valence-electron chi connectivity index (χ3n) is 5.62. The standard InChI is InChI=1S/C21H20N4O2S/c26-20(10-15-6-9-28-14-15)23-12-18-19(13-23)25(11-16-4-1-2-7-22-16)21(27)17-5-3-8-24(17)18/h1-9,14,18-19H,10-13H2/t18-,19+/m0/s1. The summed E-state index contributed by atoms with van der Waals surface area (Å²) in [4.78, 5) is 34.2. The topological polar surface area (TPSA) is 58.4 Å². The largest absolute Gasteiger partial charge is 0.338 e. The molecule has 0 spiro atoms. The van der Waals surface area contributed by atoms with Crippen molar-refractivity contribution in [2.75, 3.05) is 13.1 Å². The zero-order valence-corrected chi connectivity index (χ0v) is 16.1. The lowest BCUT2D eigenvalue weighted by Crippen LogP contribution is -2.50. The van der Waals surface area contributed by atoms with Gasteiger partial charge < -0.3 is 14.4 Å². The Balaban J connectivity index is 1.42. The lowest BCUT2D eigenvalue weighted by atomic mass is 10.1. The highest BCUT2D eigenvalue weighted by molar-refractivity contribution is 7.08. The van der Waals surface area contributed by atoms with Gasteiger partial charge in [0.25, 0.3) is 5.91 Å². The summed E-state index contributed by atoms with van der Waals surface area (Å²) < 4.78 is 2.04. The van der Waals surface area contributed by atoms with Crippen LogP contribution in [0.5, 0.6) is 0 Å². The molecule has 2 aliphatic rings. The fourth-order valence-corrected chi connectivity index (χ4v) is 4.92. The van der Waals surface area contributed by atoms with Gasteiger partial charge in [-0.1, -0.05) is 6.07 Å². The summed E-state index contributed by atoms with van der Waals surface area (Å²) >= 11 is 1.60. The molecule has 6 nitrogen and oxygen atoms in total. The normalized spacial score (nSPS) is 20.9. The van der Waals surface area contributed by atoms with Crippen LogP contribution in [0.1, 0.15) is 27.8 Å². The zero-order valence-electron chi connectivity index (χ0n) is 15.3. The molecule has 0 aromatic carbocycles. The smallest absolute Gasteiger partial charge is 0.271 e. The van der Waals surface area contributed by atoms with Gasteiger partial charge in [-0.2, -0.15) is 11.3 Å². The number of nitrogens with zero attached hydrogens (tertiary/aromatic N) is 4. The number of hydrogen-bond donors (Lipinski definition) is 0. The minimum atomic E-state index is -0.0409. The average molecular weight is 392 g/mol. The van der Waals surface area contributed by atoms with Crippen molar-refractivity contribution in [1.29, 1.82) is 0 Å². The number of fused-ring (bicyclic) bond motifs is 3. The van der Waals surface area contributed by atoms with E-state index in [0.717, 1.165) is 11.3 Å². The molecule has 2 aliphatic heterocycles. The summed E-state index contributed by atoms with van der Waals surface area (Å²) in [6.07, 6.45) is 4.11. The lowest BCUT2D eigenvalue weighted by molar-refractivity contribution is -0.129. The Labute approximate surface area is 167 Å². The van der Waals surface area contributed by atoms with E-state index in [1.54, 1.807) is 17.5 Å². The second-order valence-corrected chi connectivity index (χ2v) is 8.08. The molecule has 3 aromatic heterocycles. The number of likely N-dealkylation sites (tertiary alicyclic amines) is 1. The quantitative estimate of drug-likeness (QED) is 0.686. The van der Waals surface area contributed by atoms with Gasteiger partial charge >= 0.3 is 0 Å². The second-order valence-electron chi connectivity index (χ2n) is 7.30. The Morgan fingerprint density at radius 3 is 2.82 bits per heavy atom. The number of carbonyl (C=O) groups excluding carboxylic acids is 2. The molecule has 1 fully saturated rings. The van der Waals surface area contributed by atoms with E-state index >= 15 is 0 Å². The summed E-state index contributed by atoms with van der Waals surface area (Å²) in [5.74, 6) is 0.121. The van der Waals surface area contributed by atoms with E-state index in [0.29, 0.717) is 31.7 Å². The Morgan fingerprint density at radius 1 is 1.14 bits per heavy atom. The van der Waals surface area contributed by atoms with Crippen LogP contribution in [0.4, 0.5) is 0 Å². The molecule has 1 saturated heterocycles. The molecular formula is C21H20N4O2S. The van der Waals surface area contributed by atoms with Gasteiger partial charge in [0.1, 0.15) is 5.69 Å². The van der Waals surface area contributed by atoms with E-state index in [1.807, 2.05) is 67.7 Å². The van der Waals surface area contributed by atoms with Crippen LogP contribution in [0.25, 0.3) is 0 Å². The molecule has 0 N–H and O–H groups in total. The number of rotatable bonds is 4. The molecule has 0 aliphatic carbocycles. The molecule has 5 heterocycles. The Bertz CT molecular complexity index is 999. The van der Waals surface area contributed by atoms with Crippen molar-refractivity contribution in [3.8, 4) is 0 Å². The minimum absolute atomic E-state index is 0.00374.